The predicted molar refractivity (Wildman–Crippen MR) is 146 cm³/mol. The Morgan fingerprint density at radius 2 is 1.53 bits per heavy atom. The van der Waals surface area contributed by atoms with Gasteiger partial charge in [-0.15, -0.1) is 0 Å². The number of hydrogen-bond donors (Lipinski definition) is 1. The molecule has 0 fully saturated rings. The molecule has 2 amide bonds. The van der Waals surface area contributed by atoms with E-state index in [1.807, 2.05) is 64.1 Å². The zero-order chi connectivity index (χ0) is 26.9. The van der Waals surface area contributed by atoms with Crippen molar-refractivity contribution in [1.82, 2.24) is 10.2 Å². The second-order valence-corrected chi connectivity index (χ2v) is 11.4. The van der Waals surface area contributed by atoms with Crippen LogP contribution >= 0.6 is 0 Å². The number of sulfonamides is 1. The van der Waals surface area contributed by atoms with Crippen LogP contribution in [0.25, 0.3) is 0 Å². The topological polar surface area (TPSA) is 86.8 Å². The van der Waals surface area contributed by atoms with Crippen molar-refractivity contribution in [1.29, 1.82) is 0 Å². The molecule has 0 saturated carbocycles. The number of anilines is 1. The number of carbonyl (C=O) groups is 2. The van der Waals surface area contributed by atoms with E-state index in [-0.39, 0.29) is 30.8 Å². The van der Waals surface area contributed by atoms with E-state index in [4.69, 9.17) is 0 Å². The van der Waals surface area contributed by atoms with Gasteiger partial charge in [0.05, 0.1) is 11.9 Å². The maximum Gasteiger partial charge on any atom is 0.242 e. The van der Waals surface area contributed by atoms with E-state index >= 15 is 0 Å². The molecule has 0 unspecified atom stereocenters. The molecule has 0 radical (unpaired) electrons. The van der Waals surface area contributed by atoms with Crippen LogP contribution in [0.15, 0.2) is 48.5 Å². The predicted octanol–water partition coefficient (Wildman–Crippen LogP) is 4.44. The summed E-state index contributed by atoms with van der Waals surface area (Å²) in [6.07, 6.45) is 3.31. The van der Waals surface area contributed by atoms with E-state index < -0.39 is 16.1 Å². The van der Waals surface area contributed by atoms with Crippen LogP contribution in [0.1, 0.15) is 63.6 Å². The normalized spacial score (nSPS) is 13.1. The van der Waals surface area contributed by atoms with Crippen LogP contribution in [-0.4, -0.2) is 50.0 Å². The smallest absolute Gasteiger partial charge is 0.242 e. The van der Waals surface area contributed by atoms with Crippen LogP contribution in [0.2, 0.25) is 0 Å². The van der Waals surface area contributed by atoms with Gasteiger partial charge in [-0.2, -0.15) is 0 Å². The van der Waals surface area contributed by atoms with Crippen LogP contribution in [0.4, 0.5) is 5.69 Å². The van der Waals surface area contributed by atoms with Crippen molar-refractivity contribution < 1.29 is 18.0 Å². The molecule has 0 aromatic heterocycles. The number of carbonyl (C=O) groups excluding carboxylic acids is 2. The summed E-state index contributed by atoms with van der Waals surface area (Å²) < 4.78 is 26.3. The third-order valence-electron chi connectivity index (χ3n) is 6.43. The summed E-state index contributed by atoms with van der Waals surface area (Å²) in [6, 6.07) is 14.7. The molecule has 0 aliphatic carbocycles. The van der Waals surface area contributed by atoms with Gasteiger partial charge >= 0.3 is 0 Å². The number of benzene rings is 2. The number of aryl methyl sites for hydroxylation is 2. The quantitative estimate of drug-likeness (QED) is 0.427. The Morgan fingerprint density at radius 3 is 2.06 bits per heavy atom. The van der Waals surface area contributed by atoms with Crippen molar-refractivity contribution in [2.45, 2.75) is 78.9 Å². The summed E-state index contributed by atoms with van der Waals surface area (Å²) in [6.45, 7) is 10.2. The summed E-state index contributed by atoms with van der Waals surface area (Å²) >= 11 is 0. The van der Waals surface area contributed by atoms with Crippen molar-refractivity contribution in [2.24, 2.45) is 0 Å². The average Bonchev–Trinajstić information content (AvgIpc) is 2.85. The van der Waals surface area contributed by atoms with Gasteiger partial charge in [-0.3, -0.25) is 13.9 Å². The molecule has 198 valence electrons. The molecule has 0 bridgehead atoms. The average molecular weight is 516 g/mol. The fourth-order valence-corrected chi connectivity index (χ4v) is 4.81. The van der Waals surface area contributed by atoms with Crippen LogP contribution in [-0.2, 0) is 32.6 Å². The third kappa shape index (κ3) is 8.66. The molecule has 36 heavy (non-hydrogen) atoms. The van der Waals surface area contributed by atoms with E-state index in [1.165, 1.54) is 10.6 Å². The molecule has 8 heteroatoms. The van der Waals surface area contributed by atoms with E-state index in [2.05, 4.69) is 5.32 Å². The highest BCUT2D eigenvalue weighted by atomic mass is 32.2. The summed E-state index contributed by atoms with van der Waals surface area (Å²) in [5.41, 5.74) is 3.76. The SMILES string of the molecule is CCc1ccc(N(CCCC(=O)N(Cc2ccc(C)cc2)[C@@H](C)C(=O)N[C@H](C)CC)S(C)(=O)=O)cc1. The molecule has 2 rings (SSSR count). The monoisotopic (exact) mass is 515 g/mol. The van der Waals surface area contributed by atoms with Gasteiger partial charge < -0.3 is 10.2 Å². The molecule has 0 aliphatic heterocycles. The van der Waals surface area contributed by atoms with Gasteiger partial charge in [0, 0.05) is 25.6 Å². The van der Waals surface area contributed by atoms with Gasteiger partial charge in [-0.05, 0) is 63.3 Å². The van der Waals surface area contributed by atoms with Crippen molar-refractivity contribution in [3.05, 3.63) is 65.2 Å². The van der Waals surface area contributed by atoms with E-state index in [9.17, 15) is 18.0 Å². The fourth-order valence-electron chi connectivity index (χ4n) is 3.84. The van der Waals surface area contributed by atoms with Gasteiger partial charge in [-0.25, -0.2) is 8.42 Å². The number of nitrogens with one attached hydrogen (secondary N) is 1. The highest BCUT2D eigenvalue weighted by molar-refractivity contribution is 7.92. The molecular formula is C28H41N3O4S. The molecular weight excluding hydrogens is 474 g/mol. The molecule has 1 N–H and O–H groups in total. The maximum absolute atomic E-state index is 13.3. The minimum Gasteiger partial charge on any atom is -0.352 e. The Hall–Kier alpha value is -2.87. The fraction of sp³-hybridized carbons (Fsp3) is 0.500. The first-order valence-corrected chi connectivity index (χ1v) is 14.5. The Kier molecular flexibility index (Phi) is 11.0. The molecule has 7 nitrogen and oxygen atoms in total. The third-order valence-corrected chi connectivity index (χ3v) is 7.62. The standard InChI is InChI=1S/C28H41N3O4S/c1-7-22(4)29-28(33)23(5)30(20-25-13-11-21(3)12-14-25)27(32)10-9-19-31(36(6,34)35)26-17-15-24(8-2)16-18-26/h11-18,22-23H,7-10,19-20H2,1-6H3,(H,29,33)/t22-,23+/m1/s1. The minimum absolute atomic E-state index is 0.0127. The van der Waals surface area contributed by atoms with E-state index in [0.717, 1.165) is 29.5 Å². The Labute approximate surface area is 216 Å². The Balaban J connectivity index is 2.16. The lowest BCUT2D eigenvalue weighted by Crippen LogP contribution is -2.49. The highest BCUT2D eigenvalue weighted by Gasteiger charge is 2.27. The summed E-state index contributed by atoms with van der Waals surface area (Å²) in [4.78, 5) is 27.8. The number of hydrogen-bond acceptors (Lipinski definition) is 4. The van der Waals surface area contributed by atoms with E-state index in [0.29, 0.717) is 18.7 Å². The van der Waals surface area contributed by atoms with Gasteiger partial charge in [0.15, 0.2) is 0 Å². The highest BCUT2D eigenvalue weighted by Crippen LogP contribution is 2.20. The van der Waals surface area contributed by atoms with E-state index in [1.54, 1.807) is 24.0 Å². The van der Waals surface area contributed by atoms with Crippen molar-refractivity contribution >= 4 is 27.5 Å². The zero-order valence-corrected chi connectivity index (χ0v) is 23.3. The second-order valence-electron chi connectivity index (χ2n) is 9.46. The molecule has 0 heterocycles. The lowest BCUT2D eigenvalue weighted by atomic mass is 10.1. The summed E-state index contributed by atoms with van der Waals surface area (Å²) in [7, 11) is -3.51. The Morgan fingerprint density at radius 1 is 0.944 bits per heavy atom. The molecule has 0 aliphatic rings. The van der Waals surface area contributed by atoms with Crippen molar-refractivity contribution in [3.8, 4) is 0 Å². The van der Waals surface area contributed by atoms with Crippen molar-refractivity contribution in [2.75, 3.05) is 17.1 Å². The van der Waals surface area contributed by atoms with Crippen molar-refractivity contribution in [3.63, 3.8) is 0 Å². The second kappa shape index (κ2) is 13.4. The first kappa shape index (κ1) is 29.4. The summed E-state index contributed by atoms with van der Waals surface area (Å²) in [5.74, 6) is -0.379. The number of rotatable bonds is 13. The van der Waals surface area contributed by atoms with Gasteiger partial charge in [0.1, 0.15) is 6.04 Å². The molecule has 2 aromatic rings. The van der Waals surface area contributed by atoms with Crippen LogP contribution in [0.5, 0.6) is 0 Å². The Bertz CT molecular complexity index is 1100. The van der Waals surface area contributed by atoms with Gasteiger partial charge in [0.25, 0.3) is 0 Å². The lowest BCUT2D eigenvalue weighted by Gasteiger charge is -2.30. The van der Waals surface area contributed by atoms with Gasteiger partial charge in [0.2, 0.25) is 21.8 Å². The lowest BCUT2D eigenvalue weighted by molar-refractivity contribution is -0.140. The van der Waals surface area contributed by atoms with Gasteiger partial charge in [-0.1, -0.05) is 55.8 Å². The summed E-state index contributed by atoms with van der Waals surface area (Å²) in [5, 5.41) is 2.96. The largest absolute Gasteiger partial charge is 0.352 e. The molecule has 0 spiro atoms. The number of nitrogens with zero attached hydrogens (tertiary/aromatic N) is 2. The minimum atomic E-state index is -3.51. The van der Waals surface area contributed by atoms with Crippen LogP contribution in [0, 0.1) is 6.92 Å². The first-order chi connectivity index (χ1) is 17.0. The van der Waals surface area contributed by atoms with Crippen LogP contribution < -0.4 is 9.62 Å². The number of amides is 2. The maximum atomic E-state index is 13.3. The van der Waals surface area contributed by atoms with Crippen LogP contribution in [0.3, 0.4) is 0 Å². The molecule has 2 aromatic carbocycles. The first-order valence-electron chi connectivity index (χ1n) is 12.7. The molecule has 0 saturated heterocycles. The zero-order valence-electron chi connectivity index (χ0n) is 22.5. The molecule has 2 atom stereocenters.